The SMILES string of the molecule is [B]P(=O)(OP(=O)(O)OC[C@H]1O[C@@H]([n+]2cn(C)c3c(=O)[nH]c(N)nc32)[C@@H](O)C1O)OP(=O)(O)OC[C@H]1O[C@@H]([n+]2cn(C)c3c(=O)[nH]c(N)nc32)C(O)[C@H]1O. The van der Waals surface area contributed by atoms with E-state index in [9.17, 15) is 53.5 Å². The van der Waals surface area contributed by atoms with Gasteiger partial charge in [0.15, 0.2) is 12.7 Å². The molecule has 2 fully saturated rings. The van der Waals surface area contributed by atoms with E-state index in [1.54, 1.807) is 0 Å². The molecule has 4 aromatic rings. The molecule has 288 valence electrons. The van der Waals surface area contributed by atoms with Crippen LogP contribution in [0.3, 0.4) is 0 Å². The first-order chi connectivity index (χ1) is 24.6. The maximum Gasteiger partial charge on any atom is 0.478 e. The number of hydrogen-bond donors (Lipinski definition) is 10. The van der Waals surface area contributed by atoms with Gasteiger partial charge in [-0.1, -0.05) is 9.97 Å². The molecule has 4 aromatic heterocycles. The van der Waals surface area contributed by atoms with E-state index in [1.165, 1.54) is 45.0 Å². The number of imidazole rings is 2. The molecular formula is C22H32BN10O17P3+2. The normalized spacial score (nSPS) is 29.7. The van der Waals surface area contributed by atoms with Crippen LogP contribution in [0, 0.1) is 0 Å². The highest BCUT2D eigenvalue weighted by Gasteiger charge is 2.50. The summed E-state index contributed by atoms with van der Waals surface area (Å²) in [5.74, 6) is -0.534. The predicted octanol–water partition coefficient (Wildman–Crippen LogP) is -4.94. The second-order valence-electron chi connectivity index (χ2n) is 11.8. The number of nitrogen functional groups attached to an aromatic ring is 2. The molecule has 6 rings (SSSR count). The van der Waals surface area contributed by atoms with E-state index in [-0.39, 0.29) is 34.2 Å². The van der Waals surface area contributed by atoms with Gasteiger partial charge in [-0.25, -0.2) is 26.9 Å². The third kappa shape index (κ3) is 7.75. The van der Waals surface area contributed by atoms with Crippen LogP contribution >= 0.6 is 23.1 Å². The fraction of sp³-hybridized carbons (Fsp3) is 0.545. The summed E-state index contributed by atoms with van der Waals surface area (Å²) in [5.41, 5.74) is 9.95. The standard InChI is InChI=1S/C22H30BN10O17P3/c1-30-5-32(15-9(30)17(38)28-21(24)26-15)19-13(36)11(34)7(47-19)3-45-52(41,42)49-51(23,40)50-53(43,44)46-4-8-12(35)14(37)20(48-8)33-6-31(2)10-16(33)27-22(25)29-18(10)39/h5-8,11-14,19-20,34-37H,3-4H2,1-2H3,(H6-2,24,25,26,27,28,29,38,39,41,42,43,44)/p+2/t7-,8-,11+,12?,13?,14+,19-,20-,51?/m1/s1. The van der Waals surface area contributed by atoms with Crippen LogP contribution < -0.4 is 31.7 Å². The van der Waals surface area contributed by atoms with Crippen molar-refractivity contribution in [2.75, 3.05) is 24.7 Å². The van der Waals surface area contributed by atoms with Crippen molar-refractivity contribution < 1.29 is 80.2 Å². The lowest BCUT2D eigenvalue weighted by Gasteiger charge is -2.22. The first-order valence-corrected chi connectivity index (χ1v) is 19.5. The van der Waals surface area contributed by atoms with Gasteiger partial charge in [0, 0.05) is 0 Å². The lowest BCUT2D eigenvalue weighted by molar-refractivity contribution is -0.746. The van der Waals surface area contributed by atoms with Gasteiger partial charge in [-0.15, -0.1) is 0 Å². The quantitative estimate of drug-likeness (QED) is 0.0364. The van der Waals surface area contributed by atoms with Crippen LogP contribution in [0.2, 0.25) is 0 Å². The minimum Gasteiger partial charge on any atom is -0.387 e. The molecule has 2 aliphatic heterocycles. The molecule has 27 nitrogen and oxygen atoms in total. The minimum atomic E-state index is -5.56. The number of aromatic nitrogens is 8. The Balaban J connectivity index is 1.05. The Bertz CT molecular complexity index is 2180. The minimum absolute atomic E-state index is 0.0253. The number of aliphatic hydroxyl groups excluding tert-OH is 4. The Labute approximate surface area is 295 Å². The maximum atomic E-state index is 12.7. The van der Waals surface area contributed by atoms with Gasteiger partial charge in [-0.2, -0.15) is 0 Å². The van der Waals surface area contributed by atoms with Crippen LogP contribution in [-0.4, -0.2) is 117 Å². The fourth-order valence-electron chi connectivity index (χ4n) is 5.79. The number of nitrogens with two attached hydrogens (primary N) is 2. The van der Waals surface area contributed by atoms with Crippen molar-refractivity contribution in [2.45, 2.75) is 49.1 Å². The summed E-state index contributed by atoms with van der Waals surface area (Å²) < 4.78 is 71.9. The number of phosphoric acid groups is 2. The molecule has 2 aliphatic rings. The van der Waals surface area contributed by atoms with Gasteiger partial charge in [0.05, 0.1) is 27.3 Å². The summed E-state index contributed by atoms with van der Waals surface area (Å²) in [6, 6.07) is 0. The monoisotopic (exact) mass is 812 g/mol. The van der Waals surface area contributed by atoms with Crippen molar-refractivity contribution in [2.24, 2.45) is 14.1 Å². The zero-order chi connectivity index (χ0) is 38.9. The number of nitrogens with one attached hydrogen (secondary N) is 2. The fourth-order valence-corrected chi connectivity index (χ4v) is 9.53. The maximum absolute atomic E-state index is 12.7. The zero-order valence-corrected chi connectivity index (χ0v) is 29.8. The van der Waals surface area contributed by atoms with E-state index in [0.29, 0.717) is 0 Å². The van der Waals surface area contributed by atoms with E-state index in [2.05, 4.69) is 37.6 Å². The number of H-pyrrole nitrogens is 2. The summed E-state index contributed by atoms with van der Waals surface area (Å²) >= 11 is 0. The van der Waals surface area contributed by atoms with Gasteiger partial charge in [-0.3, -0.25) is 42.3 Å². The molecule has 0 saturated carbocycles. The summed E-state index contributed by atoms with van der Waals surface area (Å²) in [6.07, 6.45) is -10.4. The largest absolute Gasteiger partial charge is 0.478 e. The van der Waals surface area contributed by atoms with Gasteiger partial charge in [0.2, 0.25) is 31.1 Å². The van der Waals surface area contributed by atoms with Gasteiger partial charge in [0.1, 0.15) is 36.6 Å². The molecule has 0 aromatic carbocycles. The number of anilines is 2. The van der Waals surface area contributed by atoms with Crippen LogP contribution in [0.4, 0.5) is 11.9 Å². The van der Waals surface area contributed by atoms with Crippen molar-refractivity contribution in [3.05, 3.63) is 33.4 Å². The first kappa shape index (κ1) is 39.3. The molecule has 12 N–H and O–H groups in total. The summed E-state index contributed by atoms with van der Waals surface area (Å²) in [5, 5.41) is 42.4. The molecule has 53 heavy (non-hydrogen) atoms. The lowest BCUT2D eigenvalue weighted by Crippen LogP contribution is -2.46. The van der Waals surface area contributed by atoms with E-state index in [0.717, 1.165) is 0 Å². The molecule has 11 atom stereocenters. The number of nitrogens with zero attached hydrogens (tertiary/aromatic N) is 6. The Morgan fingerprint density at radius 1 is 0.774 bits per heavy atom. The van der Waals surface area contributed by atoms with Crippen LogP contribution in [0.5, 0.6) is 0 Å². The second-order valence-corrected chi connectivity index (χ2v) is 16.6. The number of phosphoric ester groups is 2. The number of hydrogen-bond acceptors (Lipinski definition) is 19. The van der Waals surface area contributed by atoms with Crippen molar-refractivity contribution >= 4 is 64.9 Å². The molecule has 31 heteroatoms. The van der Waals surface area contributed by atoms with E-state index in [1.807, 2.05) is 0 Å². The van der Waals surface area contributed by atoms with E-state index >= 15 is 0 Å². The Hall–Kier alpha value is -3.43. The Kier molecular flexibility index (Phi) is 10.4. The number of aliphatic hydroxyl groups is 4. The summed E-state index contributed by atoms with van der Waals surface area (Å²) in [6.45, 7) is -2.05. The molecule has 0 bridgehead atoms. The first-order valence-electron chi connectivity index (χ1n) is 14.9. The average molecular weight is 812 g/mol. The highest BCUT2D eigenvalue weighted by molar-refractivity contribution is 7.86. The number of aromatic amines is 2. The third-order valence-corrected chi connectivity index (χ3v) is 12.5. The molecule has 0 spiro atoms. The summed E-state index contributed by atoms with van der Waals surface area (Å²) in [4.78, 5) is 57.6. The molecule has 2 saturated heterocycles. The van der Waals surface area contributed by atoms with Gasteiger partial charge in [-0.05, 0) is 0 Å². The van der Waals surface area contributed by atoms with E-state index < -0.39 is 96.5 Å². The highest BCUT2D eigenvalue weighted by atomic mass is 31.3. The van der Waals surface area contributed by atoms with Crippen molar-refractivity contribution in [3.8, 4) is 0 Å². The van der Waals surface area contributed by atoms with E-state index in [4.69, 9.17) is 28.5 Å². The van der Waals surface area contributed by atoms with Crippen molar-refractivity contribution in [1.82, 2.24) is 29.1 Å². The Morgan fingerprint density at radius 2 is 1.13 bits per heavy atom. The molecular weight excluding hydrogens is 780 g/mol. The number of ether oxygens (including phenoxy) is 2. The third-order valence-electron chi connectivity index (χ3n) is 8.04. The number of aryl methyl sites for hydroxylation is 2. The number of rotatable bonds is 12. The zero-order valence-electron chi connectivity index (χ0n) is 27.1. The molecule has 5 unspecified atom stereocenters. The molecule has 0 amide bonds. The second kappa shape index (κ2) is 14.0. The van der Waals surface area contributed by atoms with Crippen LogP contribution in [-0.2, 0) is 54.9 Å². The van der Waals surface area contributed by atoms with Gasteiger partial charge >= 0.3 is 26.9 Å². The number of fused-ring (bicyclic) bond motifs is 2. The smallest absolute Gasteiger partial charge is 0.387 e. The predicted molar refractivity (Wildman–Crippen MR) is 171 cm³/mol. The van der Waals surface area contributed by atoms with Crippen molar-refractivity contribution in [1.29, 1.82) is 0 Å². The van der Waals surface area contributed by atoms with Gasteiger partial charge in [0.25, 0.3) is 30.5 Å². The molecule has 2 radical (unpaired) electrons. The molecule has 0 aliphatic carbocycles. The molecule has 6 heterocycles. The lowest BCUT2D eigenvalue weighted by atomic mass is 10.1. The Morgan fingerprint density at radius 3 is 1.49 bits per heavy atom. The van der Waals surface area contributed by atoms with Crippen LogP contribution in [0.25, 0.3) is 22.3 Å². The van der Waals surface area contributed by atoms with Crippen LogP contribution in [0.15, 0.2) is 22.2 Å². The topological polar surface area (TPSA) is 389 Å². The average Bonchev–Trinajstić information content (AvgIpc) is 3.71. The highest BCUT2D eigenvalue weighted by Crippen LogP contribution is 2.67. The van der Waals surface area contributed by atoms with Crippen LogP contribution in [0.1, 0.15) is 12.5 Å². The van der Waals surface area contributed by atoms with Gasteiger partial charge < -0.3 is 51.2 Å². The summed E-state index contributed by atoms with van der Waals surface area (Å²) in [7, 11) is -8.42. The van der Waals surface area contributed by atoms with Crippen molar-refractivity contribution in [3.63, 3.8) is 0 Å².